The molecule has 0 saturated heterocycles. The van der Waals surface area contributed by atoms with E-state index in [0.717, 1.165) is 4.47 Å². The van der Waals surface area contributed by atoms with E-state index in [9.17, 15) is 9.59 Å². The predicted molar refractivity (Wildman–Crippen MR) is 78.6 cm³/mol. The summed E-state index contributed by atoms with van der Waals surface area (Å²) in [4.78, 5) is 23.1. The number of carbonyl (C=O) groups is 2. The number of nitrogens with one attached hydrogen (secondary N) is 2. The first-order valence-corrected chi connectivity index (χ1v) is 6.81. The van der Waals surface area contributed by atoms with E-state index in [1.807, 2.05) is 6.07 Å². The van der Waals surface area contributed by atoms with Crippen molar-refractivity contribution >= 4 is 33.4 Å². The number of rotatable bonds is 7. The molecule has 2 N–H and O–H groups in total. The Morgan fingerprint density at radius 1 is 1.40 bits per heavy atom. The fraction of sp³-hybridized carbons (Fsp3) is 0.385. The Balaban J connectivity index is 2.80. The molecule has 0 spiro atoms. The first kappa shape index (κ1) is 16.5. The number of methoxy groups -OCH3 is 1. The van der Waals surface area contributed by atoms with Crippen molar-refractivity contribution in [3.63, 3.8) is 0 Å². The zero-order valence-electron chi connectivity index (χ0n) is 11.5. The highest BCUT2D eigenvalue weighted by Gasteiger charge is 2.24. The standard InChI is InChI=1S/C13H17BrN2O4/c1-4-20-13(18)11(8(2)17)16-15-10-7-5-6-9(14)12(10)19-3/h5-7,11,15-16H,4H2,1-3H3. The summed E-state index contributed by atoms with van der Waals surface area (Å²) in [6.45, 7) is 3.21. The molecule has 7 heteroatoms. The largest absolute Gasteiger partial charge is 0.493 e. The number of halogens is 1. The van der Waals surface area contributed by atoms with Gasteiger partial charge in [-0.15, -0.1) is 0 Å². The molecule has 1 rings (SSSR count). The second-order valence-corrected chi connectivity index (χ2v) is 4.74. The lowest BCUT2D eigenvalue weighted by molar-refractivity contribution is -0.148. The molecule has 1 aromatic rings. The highest BCUT2D eigenvalue weighted by atomic mass is 79.9. The van der Waals surface area contributed by atoms with Crippen LogP contribution < -0.4 is 15.6 Å². The van der Waals surface area contributed by atoms with Crippen LogP contribution in [0.5, 0.6) is 5.75 Å². The van der Waals surface area contributed by atoms with Gasteiger partial charge in [0.05, 0.1) is 23.9 Å². The quantitative estimate of drug-likeness (QED) is 0.447. The van der Waals surface area contributed by atoms with E-state index in [4.69, 9.17) is 9.47 Å². The Morgan fingerprint density at radius 3 is 2.65 bits per heavy atom. The zero-order valence-corrected chi connectivity index (χ0v) is 13.1. The maximum atomic E-state index is 11.6. The molecule has 1 aromatic carbocycles. The topological polar surface area (TPSA) is 76.7 Å². The van der Waals surface area contributed by atoms with Crippen LogP contribution in [-0.4, -0.2) is 31.5 Å². The summed E-state index contributed by atoms with van der Waals surface area (Å²) in [6.07, 6.45) is 0. The van der Waals surface area contributed by atoms with E-state index in [-0.39, 0.29) is 12.4 Å². The summed E-state index contributed by atoms with van der Waals surface area (Å²) in [6, 6.07) is 4.29. The number of ether oxygens (including phenoxy) is 2. The molecule has 1 atom stereocenters. The molecule has 0 aromatic heterocycles. The van der Waals surface area contributed by atoms with Crippen LogP contribution in [0, 0.1) is 0 Å². The number of anilines is 1. The van der Waals surface area contributed by atoms with E-state index in [0.29, 0.717) is 11.4 Å². The number of Topliss-reactive ketones (excluding diaryl/α,β-unsaturated/α-hetero) is 1. The van der Waals surface area contributed by atoms with Crippen molar-refractivity contribution in [3.05, 3.63) is 22.7 Å². The minimum absolute atomic E-state index is 0.213. The molecule has 20 heavy (non-hydrogen) atoms. The maximum Gasteiger partial charge on any atom is 0.332 e. The molecule has 0 aliphatic carbocycles. The fourth-order valence-electron chi connectivity index (χ4n) is 1.52. The Kier molecular flexibility index (Phi) is 6.47. The first-order chi connectivity index (χ1) is 9.51. The number of para-hydroxylation sites is 1. The van der Waals surface area contributed by atoms with Gasteiger partial charge in [-0.1, -0.05) is 6.07 Å². The number of benzene rings is 1. The van der Waals surface area contributed by atoms with Gasteiger partial charge in [0, 0.05) is 0 Å². The van der Waals surface area contributed by atoms with Gasteiger partial charge in [0.15, 0.2) is 17.6 Å². The molecule has 0 heterocycles. The lowest BCUT2D eigenvalue weighted by Gasteiger charge is -2.18. The Morgan fingerprint density at radius 2 is 2.10 bits per heavy atom. The minimum atomic E-state index is -1.07. The molecule has 1 unspecified atom stereocenters. The Bertz CT molecular complexity index is 493. The Labute approximate surface area is 125 Å². The van der Waals surface area contributed by atoms with Gasteiger partial charge in [-0.2, -0.15) is 0 Å². The smallest absolute Gasteiger partial charge is 0.332 e. The van der Waals surface area contributed by atoms with Crippen molar-refractivity contribution in [3.8, 4) is 5.75 Å². The molecule has 0 amide bonds. The van der Waals surface area contributed by atoms with Crippen LogP contribution in [-0.2, 0) is 14.3 Å². The summed E-state index contributed by atoms with van der Waals surface area (Å²) in [5, 5.41) is 0. The number of esters is 1. The second-order valence-electron chi connectivity index (χ2n) is 3.89. The molecule has 0 aliphatic heterocycles. The van der Waals surface area contributed by atoms with Gasteiger partial charge in [-0.05, 0) is 41.9 Å². The summed E-state index contributed by atoms with van der Waals surface area (Å²) in [5.41, 5.74) is 6.04. The maximum absolute atomic E-state index is 11.6. The fourth-order valence-corrected chi connectivity index (χ4v) is 2.04. The van der Waals surface area contributed by atoms with E-state index in [1.165, 1.54) is 14.0 Å². The van der Waals surface area contributed by atoms with Crippen LogP contribution in [0.4, 0.5) is 5.69 Å². The number of hydrogen-bond acceptors (Lipinski definition) is 6. The highest BCUT2D eigenvalue weighted by molar-refractivity contribution is 9.10. The van der Waals surface area contributed by atoms with Crippen molar-refractivity contribution in [1.29, 1.82) is 0 Å². The van der Waals surface area contributed by atoms with Crippen molar-refractivity contribution in [2.75, 3.05) is 19.1 Å². The molecular formula is C13H17BrN2O4. The average molecular weight is 345 g/mol. The van der Waals surface area contributed by atoms with Crippen LogP contribution in [0.25, 0.3) is 0 Å². The van der Waals surface area contributed by atoms with E-state index >= 15 is 0 Å². The van der Waals surface area contributed by atoms with Crippen LogP contribution in [0.2, 0.25) is 0 Å². The van der Waals surface area contributed by atoms with Crippen LogP contribution in [0.15, 0.2) is 22.7 Å². The third kappa shape index (κ3) is 4.21. The predicted octanol–water partition coefficient (Wildman–Crippen LogP) is 1.89. The molecule has 0 fully saturated rings. The Hall–Kier alpha value is -1.60. The van der Waals surface area contributed by atoms with Crippen molar-refractivity contribution in [1.82, 2.24) is 5.43 Å². The van der Waals surface area contributed by atoms with Crippen molar-refractivity contribution in [2.45, 2.75) is 19.9 Å². The third-order valence-electron chi connectivity index (χ3n) is 2.45. The molecular weight excluding hydrogens is 328 g/mol. The molecule has 6 nitrogen and oxygen atoms in total. The number of hydrazine groups is 1. The highest BCUT2D eigenvalue weighted by Crippen LogP contribution is 2.32. The molecule has 0 aliphatic rings. The molecule has 0 bridgehead atoms. The summed E-state index contributed by atoms with van der Waals surface area (Å²) < 4.78 is 10.8. The molecule has 0 radical (unpaired) electrons. The van der Waals surface area contributed by atoms with Gasteiger partial charge in [-0.25, -0.2) is 10.2 Å². The monoisotopic (exact) mass is 344 g/mol. The molecule has 110 valence electrons. The molecule has 0 saturated carbocycles. The summed E-state index contributed by atoms with van der Waals surface area (Å²) in [5.74, 6) is -0.405. The van der Waals surface area contributed by atoms with Crippen molar-refractivity contribution < 1.29 is 19.1 Å². The van der Waals surface area contributed by atoms with Crippen LogP contribution in [0.3, 0.4) is 0 Å². The summed E-state index contributed by atoms with van der Waals surface area (Å²) >= 11 is 3.35. The van der Waals surface area contributed by atoms with Crippen molar-refractivity contribution in [2.24, 2.45) is 0 Å². The second kappa shape index (κ2) is 7.86. The van der Waals surface area contributed by atoms with Gasteiger partial charge in [-0.3, -0.25) is 4.79 Å². The zero-order chi connectivity index (χ0) is 15.1. The number of ketones is 1. The lowest BCUT2D eigenvalue weighted by Crippen LogP contribution is -2.46. The first-order valence-electron chi connectivity index (χ1n) is 6.02. The van der Waals surface area contributed by atoms with Crippen LogP contribution >= 0.6 is 15.9 Å². The van der Waals surface area contributed by atoms with E-state index in [1.54, 1.807) is 19.1 Å². The SMILES string of the molecule is CCOC(=O)C(NNc1cccc(Br)c1OC)C(C)=O. The normalized spacial score (nSPS) is 11.6. The number of hydrogen-bond donors (Lipinski definition) is 2. The lowest BCUT2D eigenvalue weighted by atomic mass is 10.2. The van der Waals surface area contributed by atoms with Gasteiger partial charge < -0.3 is 14.9 Å². The van der Waals surface area contributed by atoms with E-state index in [2.05, 4.69) is 26.8 Å². The van der Waals surface area contributed by atoms with Gasteiger partial charge in [0.1, 0.15) is 0 Å². The van der Waals surface area contributed by atoms with E-state index < -0.39 is 12.0 Å². The average Bonchev–Trinajstić information content (AvgIpc) is 2.39. The van der Waals surface area contributed by atoms with Gasteiger partial charge in [0.2, 0.25) is 0 Å². The van der Waals surface area contributed by atoms with Crippen LogP contribution in [0.1, 0.15) is 13.8 Å². The number of carbonyl (C=O) groups excluding carboxylic acids is 2. The third-order valence-corrected chi connectivity index (χ3v) is 3.08. The summed E-state index contributed by atoms with van der Waals surface area (Å²) in [7, 11) is 1.53. The van der Waals surface area contributed by atoms with Gasteiger partial charge >= 0.3 is 5.97 Å². The minimum Gasteiger partial charge on any atom is -0.493 e. The van der Waals surface area contributed by atoms with Gasteiger partial charge in [0.25, 0.3) is 0 Å².